The van der Waals surface area contributed by atoms with E-state index in [2.05, 4.69) is 0 Å². The molecule has 3 rings (SSSR count). The Morgan fingerprint density at radius 3 is 1.26 bits per heavy atom. The van der Waals surface area contributed by atoms with Gasteiger partial charge in [-0.15, -0.1) is 0 Å². The van der Waals surface area contributed by atoms with Crippen molar-refractivity contribution >= 4 is 52.7 Å². The summed E-state index contributed by atoms with van der Waals surface area (Å²) in [6.07, 6.45) is -1.70. The minimum Gasteiger partial charge on any atom is -0.506 e. The summed E-state index contributed by atoms with van der Waals surface area (Å²) in [7, 11) is 0. The van der Waals surface area contributed by atoms with Gasteiger partial charge in [-0.2, -0.15) is 0 Å². The van der Waals surface area contributed by atoms with Crippen molar-refractivity contribution in [1.29, 1.82) is 0 Å². The van der Waals surface area contributed by atoms with Crippen LogP contribution < -0.4 is 0 Å². The molecule has 0 aliphatic heterocycles. The number of esters is 3. The van der Waals surface area contributed by atoms with E-state index >= 15 is 0 Å². The van der Waals surface area contributed by atoms with Gasteiger partial charge in [0.05, 0.1) is 31.8 Å². The Balaban J connectivity index is 1.80. The van der Waals surface area contributed by atoms with Crippen LogP contribution in [0, 0.1) is 17.5 Å². The second kappa shape index (κ2) is 12.3. The van der Waals surface area contributed by atoms with E-state index < -0.39 is 104 Å². The zero-order valence-electron chi connectivity index (χ0n) is 19.0. The van der Waals surface area contributed by atoms with Crippen LogP contribution in [-0.4, -0.2) is 52.5 Å². The summed E-state index contributed by atoms with van der Waals surface area (Å²) in [5, 5.41) is 27.7. The van der Waals surface area contributed by atoms with Crippen molar-refractivity contribution < 1.29 is 57.1 Å². The maximum atomic E-state index is 14.2. The van der Waals surface area contributed by atoms with E-state index in [1.807, 2.05) is 0 Å². The molecule has 0 bridgehead atoms. The highest BCUT2D eigenvalue weighted by atomic mass is 35.5. The number of phenolic OH excluding ortho intramolecular Hbond substituents is 3. The monoisotopic (exact) mass is 608 g/mol. The summed E-state index contributed by atoms with van der Waals surface area (Å²) in [5.41, 5.74) is -2.32. The van der Waals surface area contributed by atoms with E-state index in [0.29, 0.717) is 36.4 Å². The number of benzene rings is 3. The number of hydrogen-bond acceptors (Lipinski definition) is 9. The molecule has 0 atom stereocenters. The van der Waals surface area contributed by atoms with Gasteiger partial charge < -0.3 is 29.5 Å². The Kier molecular flexibility index (Phi) is 9.38. The van der Waals surface area contributed by atoms with Crippen LogP contribution in [0.2, 0.25) is 15.1 Å². The number of hydrogen-bond donors (Lipinski definition) is 3. The van der Waals surface area contributed by atoms with Gasteiger partial charge in [0.15, 0.2) is 6.10 Å². The van der Waals surface area contributed by atoms with Crippen molar-refractivity contribution in [1.82, 2.24) is 0 Å². The highest BCUT2D eigenvalue weighted by molar-refractivity contribution is 6.32. The molecule has 3 aromatic carbocycles. The molecule has 0 aliphatic carbocycles. The highest BCUT2D eigenvalue weighted by Crippen LogP contribution is 2.29. The van der Waals surface area contributed by atoms with Crippen LogP contribution in [0.15, 0.2) is 36.4 Å². The fourth-order valence-electron chi connectivity index (χ4n) is 2.91. The number of rotatable bonds is 8. The zero-order valence-corrected chi connectivity index (χ0v) is 21.3. The van der Waals surface area contributed by atoms with E-state index in [4.69, 9.17) is 49.0 Å². The largest absolute Gasteiger partial charge is 0.506 e. The second-order valence-corrected chi connectivity index (χ2v) is 8.80. The Morgan fingerprint density at radius 1 is 0.615 bits per heavy atom. The molecule has 15 heteroatoms. The molecular formula is C24H14Cl3F3O9. The number of ether oxygens (including phenoxy) is 3. The van der Waals surface area contributed by atoms with Crippen molar-refractivity contribution in [2.24, 2.45) is 0 Å². The Hall–Kier alpha value is -3.87. The van der Waals surface area contributed by atoms with Gasteiger partial charge in [0.2, 0.25) is 0 Å². The summed E-state index contributed by atoms with van der Waals surface area (Å²) < 4.78 is 57.2. The molecule has 0 fully saturated rings. The van der Waals surface area contributed by atoms with Gasteiger partial charge in [-0.3, -0.25) is 0 Å². The summed E-state index contributed by atoms with van der Waals surface area (Å²) >= 11 is 16.7. The Morgan fingerprint density at radius 2 is 0.923 bits per heavy atom. The molecule has 0 aliphatic rings. The molecule has 0 aromatic heterocycles. The smallest absolute Gasteiger partial charge is 0.341 e. The fraction of sp³-hybridized carbons (Fsp3) is 0.125. The third-order valence-corrected chi connectivity index (χ3v) is 5.75. The first kappa shape index (κ1) is 29.7. The van der Waals surface area contributed by atoms with Crippen molar-refractivity contribution in [2.75, 3.05) is 13.2 Å². The number of halogens is 6. The lowest BCUT2D eigenvalue weighted by Crippen LogP contribution is -2.31. The van der Waals surface area contributed by atoms with E-state index in [9.17, 15) is 42.9 Å². The summed E-state index contributed by atoms with van der Waals surface area (Å²) in [6, 6.07) is 3.88. The predicted molar refractivity (Wildman–Crippen MR) is 129 cm³/mol. The van der Waals surface area contributed by atoms with Crippen molar-refractivity contribution in [3.63, 3.8) is 0 Å². The average molecular weight is 610 g/mol. The zero-order chi connectivity index (χ0) is 29.0. The van der Waals surface area contributed by atoms with E-state index in [1.54, 1.807) is 0 Å². The van der Waals surface area contributed by atoms with Crippen LogP contribution in [0.25, 0.3) is 0 Å². The van der Waals surface area contributed by atoms with Crippen LogP contribution >= 0.6 is 34.8 Å². The predicted octanol–water partition coefficient (Wildman–Crippen LogP) is 5.42. The molecule has 0 unspecified atom stereocenters. The SMILES string of the molecule is O=C(OCC(COC(=O)c1cc(O)c(Cl)cc1F)OC(=O)c1cc(O)c(Cl)cc1F)c1cc(O)c(Cl)cc1F. The van der Waals surface area contributed by atoms with Gasteiger partial charge in [0.25, 0.3) is 0 Å². The normalized spacial score (nSPS) is 10.8. The number of carbonyl (C=O) groups excluding carboxylic acids is 3. The van der Waals surface area contributed by atoms with E-state index in [1.165, 1.54) is 0 Å². The summed E-state index contributed by atoms with van der Waals surface area (Å²) in [5.74, 6) is -9.65. The molecule has 0 heterocycles. The average Bonchev–Trinajstić information content (AvgIpc) is 2.86. The van der Waals surface area contributed by atoms with Gasteiger partial charge >= 0.3 is 17.9 Å². The van der Waals surface area contributed by atoms with E-state index in [-0.39, 0.29) is 0 Å². The summed E-state index contributed by atoms with van der Waals surface area (Å²) in [4.78, 5) is 37.2. The van der Waals surface area contributed by atoms with Gasteiger partial charge in [-0.05, 0) is 36.4 Å². The quantitative estimate of drug-likeness (QED) is 0.226. The topological polar surface area (TPSA) is 140 Å². The number of aromatic hydroxyl groups is 3. The minimum absolute atomic E-state index is 0.392. The van der Waals surface area contributed by atoms with Crippen molar-refractivity contribution in [2.45, 2.75) is 6.10 Å². The van der Waals surface area contributed by atoms with Crippen LogP contribution in [0.4, 0.5) is 13.2 Å². The van der Waals surface area contributed by atoms with Crippen LogP contribution in [-0.2, 0) is 14.2 Å². The molecule has 0 spiro atoms. The second-order valence-electron chi connectivity index (χ2n) is 7.57. The maximum Gasteiger partial charge on any atom is 0.341 e. The molecule has 0 amide bonds. The van der Waals surface area contributed by atoms with Crippen molar-refractivity contribution in [3.8, 4) is 17.2 Å². The first-order chi connectivity index (χ1) is 18.3. The molecule has 0 saturated carbocycles. The summed E-state index contributed by atoms with van der Waals surface area (Å²) in [6.45, 7) is -1.84. The lowest BCUT2D eigenvalue weighted by Gasteiger charge is -2.19. The molecule has 39 heavy (non-hydrogen) atoms. The highest BCUT2D eigenvalue weighted by Gasteiger charge is 2.26. The third-order valence-electron chi connectivity index (χ3n) is 4.84. The number of carbonyl (C=O) groups is 3. The van der Waals surface area contributed by atoms with Gasteiger partial charge in [0, 0.05) is 0 Å². The Bertz CT molecular complexity index is 1390. The first-order valence-corrected chi connectivity index (χ1v) is 11.5. The molecule has 3 N–H and O–H groups in total. The molecular weight excluding hydrogens is 596 g/mol. The molecule has 206 valence electrons. The van der Waals surface area contributed by atoms with Gasteiger partial charge in [-0.25, -0.2) is 27.6 Å². The lowest BCUT2D eigenvalue weighted by molar-refractivity contribution is -0.0258. The fourth-order valence-corrected chi connectivity index (χ4v) is 3.36. The van der Waals surface area contributed by atoms with Gasteiger partial charge in [-0.1, -0.05) is 34.8 Å². The van der Waals surface area contributed by atoms with Crippen LogP contribution in [0.3, 0.4) is 0 Å². The van der Waals surface area contributed by atoms with Crippen molar-refractivity contribution in [3.05, 3.63) is 85.6 Å². The molecule has 3 aromatic rings. The van der Waals surface area contributed by atoms with Gasteiger partial charge in [0.1, 0.15) is 47.9 Å². The minimum atomic E-state index is -1.70. The lowest BCUT2D eigenvalue weighted by atomic mass is 10.2. The third kappa shape index (κ3) is 7.16. The standard InChI is InChI=1S/C24H14Cl3F3O9/c25-13-4-16(28)10(1-19(13)31)22(34)37-7-9(39-24(36)12-3-21(33)15(27)6-18(12)30)8-38-23(35)11-2-20(32)14(26)5-17(11)29/h1-6,9,31-33H,7-8H2. The number of phenols is 3. The maximum absolute atomic E-state index is 14.2. The van der Waals surface area contributed by atoms with Crippen LogP contribution in [0.1, 0.15) is 31.1 Å². The molecule has 9 nitrogen and oxygen atoms in total. The molecule has 0 radical (unpaired) electrons. The Labute approximate surface area is 231 Å². The van der Waals surface area contributed by atoms with E-state index in [0.717, 1.165) is 0 Å². The molecule has 0 saturated heterocycles. The first-order valence-electron chi connectivity index (χ1n) is 10.4. The van der Waals surface area contributed by atoms with Crippen LogP contribution in [0.5, 0.6) is 17.2 Å².